The third kappa shape index (κ3) is 2.46. The van der Waals surface area contributed by atoms with Gasteiger partial charge in [-0.2, -0.15) is 0 Å². The molecule has 0 saturated carbocycles. The number of hydrogen-bond acceptors (Lipinski definition) is 4. The van der Waals surface area contributed by atoms with E-state index in [-0.39, 0.29) is 6.04 Å². The first-order valence-electron chi connectivity index (χ1n) is 7.08. The highest BCUT2D eigenvalue weighted by molar-refractivity contribution is 5.65. The Morgan fingerprint density at radius 2 is 1.95 bits per heavy atom. The Balaban J connectivity index is 1.90. The Morgan fingerprint density at radius 1 is 1.15 bits per heavy atom. The summed E-state index contributed by atoms with van der Waals surface area (Å²) in [4.78, 5) is 11.0. The van der Waals surface area contributed by atoms with Crippen LogP contribution in [0.2, 0.25) is 0 Å². The highest BCUT2D eigenvalue weighted by atomic mass is 15.2. The van der Waals surface area contributed by atoms with E-state index < -0.39 is 0 Å². The highest BCUT2D eigenvalue weighted by Crippen LogP contribution is 2.33. The van der Waals surface area contributed by atoms with E-state index >= 15 is 0 Å². The van der Waals surface area contributed by atoms with Gasteiger partial charge in [-0.3, -0.25) is 4.98 Å². The molecule has 104 valence electrons. The van der Waals surface area contributed by atoms with Crippen molar-refractivity contribution in [2.24, 2.45) is 0 Å². The summed E-state index contributed by atoms with van der Waals surface area (Å²) in [6.45, 7) is 0. The van der Waals surface area contributed by atoms with E-state index in [0.29, 0.717) is 0 Å². The first-order chi connectivity index (χ1) is 9.75. The van der Waals surface area contributed by atoms with Crippen molar-refractivity contribution in [3.05, 3.63) is 47.9 Å². The molecule has 2 aromatic heterocycles. The molecule has 2 heterocycles. The van der Waals surface area contributed by atoms with E-state index in [1.165, 1.54) is 17.7 Å². The molecule has 1 N–H and O–H groups in total. The van der Waals surface area contributed by atoms with Gasteiger partial charge in [-0.25, -0.2) is 4.98 Å². The first kappa shape index (κ1) is 12.9. The average molecular weight is 268 g/mol. The smallest absolute Gasteiger partial charge is 0.151 e. The molecule has 0 aliphatic heterocycles. The van der Waals surface area contributed by atoms with Crippen molar-refractivity contribution in [3.8, 4) is 0 Å². The predicted octanol–water partition coefficient (Wildman–Crippen LogP) is 3.03. The maximum absolute atomic E-state index is 4.57. The fourth-order valence-corrected chi connectivity index (χ4v) is 2.80. The van der Waals surface area contributed by atoms with Gasteiger partial charge in [0.15, 0.2) is 5.82 Å². The van der Waals surface area contributed by atoms with Crippen LogP contribution in [0, 0.1) is 0 Å². The number of fused-ring (bicyclic) bond motifs is 1. The third-order valence-electron chi connectivity index (χ3n) is 3.74. The van der Waals surface area contributed by atoms with Crippen molar-refractivity contribution >= 4 is 11.5 Å². The molecule has 1 atom stereocenters. The van der Waals surface area contributed by atoms with Gasteiger partial charge in [-0.1, -0.05) is 6.07 Å². The molecule has 3 rings (SSSR count). The average Bonchev–Trinajstić information content (AvgIpc) is 2.48. The Hall–Kier alpha value is -2.10. The summed E-state index contributed by atoms with van der Waals surface area (Å²) in [6.07, 6.45) is 7.16. The SMILES string of the molecule is CN(C)c1ncccc1NC1CCCc2cccnc21. The number of aryl methyl sites for hydroxylation is 1. The summed E-state index contributed by atoms with van der Waals surface area (Å²) in [6, 6.07) is 8.54. The first-order valence-corrected chi connectivity index (χ1v) is 7.08. The Labute approximate surface area is 119 Å². The summed E-state index contributed by atoms with van der Waals surface area (Å²) in [5.41, 5.74) is 3.62. The van der Waals surface area contributed by atoms with Crippen molar-refractivity contribution in [3.63, 3.8) is 0 Å². The van der Waals surface area contributed by atoms with E-state index in [0.717, 1.165) is 24.3 Å². The molecule has 0 aromatic carbocycles. The molecule has 4 nitrogen and oxygen atoms in total. The molecule has 0 saturated heterocycles. The zero-order valence-corrected chi connectivity index (χ0v) is 12.0. The minimum absolute atomic E-state index is 0.280. The van der Waals surface area contributed by atoms with Crippen LogP contribution >= 0.6 is 0 Å². The number of aromatic nitrogens is 2. The summed E-state index contributed by atoms with van der Waals surface area (Å²) >= 11 is 0. The fourth-order valence-electron chi connectivity index (χ4n) is 2.80. The monoisotopic (exact) mass is 268 g/mol. The van der Waals surface area contributed by atoms with Gasteiger partial charge in [0.2, 0.25) is 0 Å². The van der Waals surface area contributed by atoms with Gasteiger partial charge in [0.25, 0.3) is 0 Å². The number of pyridine rings is 2. The maximum Gasteiger partial charge on any atom is 0.151 e. The largest absolute Gasteiger partial charge is 0.374 e. The van der Waals surface area contributed by atoms with Gasteiger partial charge in [-0.15, -0.1) is 0 Å². The van der Waals surface area contributed by atoms with E-state index in [1.54, 1.807) is 0 Å². The van der Waals surface area contributed by atoms with Gasteiger partial charge in [0, 0.05) is 26.5 Å². The lowest BCUT2D eigenvalue weighted by atomic mass is 9.92. The van der Waals surface area contributed by atoms with Gasteiger partial charge in [0.1, 0.15) is 0 Å². The van der Waals surface area contributed by atoms with Gasteiger partial charge < -0.3 is 10.2 Å². The number of anilines is 2. The Bertz CT molecular complexity index is 595. The summed E-state index contributed by atoms with van der Waals surface area (Å²) < 4.78 is 0. The molecule has 20 heavy (non-hydrogen) atoms. The quantitative estimate of drug-likeness (QED) is 0.929. The van der Waals surface area contributed by atoms with Crippen LogP contribution in [-0.2, 0) is 6.42 Å². The molecule has 1 unspecified atom stereocenters. The maximum atomic E-state index is 4.57. The molecule has 0 fully saturated rings. The van der Waals surface area contributed by atoms with Crippen LogP contribution in [0.1, 0.15) is 30.1 Å². The van der Waals surface area contributed by atoms with E-state index in [1.807, 2.05) is 43.5 Å². The Kier molecular flexibility index (Phi) is 3.54. The van der Waals surface area contributed by atoms with Crippen molar-refractivity contribution in [1.82, 2.24) is 9.97 Å². The zero-order chi connectivity index (χ0) is 13.9. The Morgan fingerprint density at radius 3 is 2.80 bits per heavy atom. The predicted molar refractivity (Wildman–Crippen MR) is 82.1 cm³/mol. The molecule has 0 amide bonds. The molecular formula is C16H20N4. The van der Waals surface area contributed by atoms with E-state index in [2.05, 4.69) is 27.4 Å². The van der Waals surface area contributed by atoms with Crippen LogP contribution in [0.3, 0.4) is 0 Å². The van der Waals surface area contributed by atoms with E-state index in [9.17, 15) is 0 Å². The van der Waals surface area contributed by atoms with Crippen molar-refractivity contribution in [1.29, 1.82) is 0 Å². The molecule has 1 aliphatic carbocycles. The second-order valence-corrected chi connectivity index (χ2v) is 5.41. The lowest BCUT2D eigenvalue weighted by Gasteiger charge is -2.27. The molecule has 4 heteroatoms. The fraction of sp³-hybridized carbons (Fsp3) is 0.375. The molecular weight excluding hydrogens is 248 g/mol. The number of nitrogens with one attached hydrogen (secondary N) is 1. The van der Waals surface area contributed by atoms with Crippen LogP contribution in [0.4, 0.5) is 11.5 Å². The molecule has 0 spiro atoms. The van der Waals surface area contributed by atoms with Gasteiger partial charge >= 0.3 is 0 Å². The van der Waals surface area contributed by atoms with Crippen molar-refractivity contribution < 1.29 is 0 Å². The number of rotatable bonds is 3. The van der Waals surface area contributed by atoms with Crippen LogP contribution in [0.15, 0.2) is 36.7 Å². The standard InChI is InChI=1S/C16H20N4/c1-20(2)16-14(9-5-11-18-16)19-13-8-3-6-12-7-4-10-17-15(12)13/h4-5,7,9-11,13,19H,3,6,8H2,1-2H3. The second kappa shape index (κ2) is 5.49. The van der Waals surface area contributed by atoms with Gasteiger partial charge in [0.05, 0.1) is 17.4 Å². The zero-order valence-electron chi connectivity index (χ0n) is 12.0. The normalized spacial score (nSPS) is 17.4. The lowest BCUT2D eigenvalue weighted by Crippen LogP contribution is -2.21. The summed E-state index contributed by atoms with van der Waals surface area (Å²) in [7, 11) is 4.03. The van der Waals surface area contributed by atoms with Gasteiger partial charge in [-0.05, 0) is 43.0 Å². The number of nitrogens with zero attached hydrogens (tertiary/aromatic N) is 3. The number of hydrogen-bond donors (Lipinski definition) is 1. The van der Waals surface area contributed by atoms with Crippen LogP contribution < -0.4 is 10.2 Å². The topological polar surface area (TPSA) is 41.1 Å². The molecule has 0 bridgehead atoms. The second-order valence-electron chi connectivity index (χ2n) is 5.41. The highest BCUT2D eigenvalue weighted by Gasteiger charge is 2.22. The van der Waals surface area contributed by atoms with Crippen molar-refractivity contribution in [2.45, 2.75) is 25.3 Å². The summed E-state index contributed by atoms with van der Waals surface area (Å²) in [5.74, 6) is 0.968. The summed E-state index contributed by atoms with van der Waals surface area (Å²) in [5, 5.41) is 3.62. The van der Waals surface area contributed by atoms with Crippen LogP contribution in [0.5, 0.6) is 0 Å². The molecule has 2 aromatic rings. The third-order valence-corrected chi connectivity index (χ3v) is 3.74. The lowest BCUT2D eigenvalue weighted by molar-refractivity contribution is 0.583. The minimum atomic E-state index is 0.280. The van der Waals surface area contributed by atoms with Crippen molar-refractivity contribution in [2.75, 3.05) is 24.3 Å². The molecule has 0 radical (unpaired) electrons. The van der Waals surface area contributed by atoms with Crippen LogP contribution in [-0.4, -0.2) is 24.1 Å². The minimum Gasteiger partial charge on any atom is -0.374 e. The van der Waals surface area contributed by atoms with E-state index in [4.69, 9.17) is 0 Å². The van der Waals surface area contributed by atoms with Crippen LogP contribution in [0.25, 0.3) is 0 Å². The molecule has 1 aliphatic rings.